The molecule has 0 spiro atoms. The molecule has 4 nitrogen and oxygen atoms in total. The number of aliphatic carboxylic acids is 1. The molecule has 1 N–H and O–H groups in total. The van der Waals surface area contributed by atoms with E-state index in [2.05, 4.69) is 16.8 Å². The third-order valence-corrected chi connectivity index (χ3v) is 4.45. The van der Waals surface area contributed by atoms with Crippen LogP contribution >= 0.6 is 11.6 Å². The summed E-state index contributed by atoms with van der Waals surface area (Å²) in [6, 6.07) is 7.23. The lowest BCUT2D eigenvalue weighted by molar-refractivity contribution is -0.154. The maximum absolute atomic E-state index is 12.0. The lowest BCUT2D eigenvalue weighted by atomic mass is 9.84. The quantitative estimate of drug-likeness (QED) is 0.926. The molecule has 0 aromatic heterocycles. The highest BCUT2D eigenvalue weighted by Gasteiger charge is 2.45. The van der Waals surface area contributed by atoms with E-state index in [0.29, 0.717) is 11.4 Å². The van der Waals surface area contributed by atoms with Crippen molar-refractivity contribution >= 4 is 17.6 Å². The van der Waals surface area contributed by atoms with Crippen LogP contribution in [0, 0.1) is 0 Å². The minimum Gasteiger partial charge on any atom is -0.480 e. The van der Waals surface area contributed by atoms with E-state index < -0.39 is 11.5 Å². The molecular weight excluding hydrogens is 276 g/mol. The molecule has 1 aromatic carbocycles. The summed E-state index contributed by atoms with van der Waals surface area (Å²) in [5, 5.41) is 10.5. The highest BCUT2D eigenvalue weighted by molar-refractivity contribution is 6.30. The number of hydrogen-bond donors (Lipinski definition) is 1. The molecule has 1 heterocycles. The van der Waals surface area contributed by atoms with Gasteiger partial charge in [-0.2, -0.15) is 0 Å². The number of halogens is 1. The molecule has 1 aliphatic rings. The Hall–Kier alpha value is -1.10. The highest BCUT2D eigenvalue weighted by atomic mass is 35.5. The lowest BCUT2D eigenvalue weighted by Crippen LogP contribution is -2.58. The topological polar surface area (TPSA) is 43.8 Å². The molecule has 1 saturated heterocycles. The first-order valence-electron chi connectivity index (χ1n) is 6.93. The van der Waals surface area contributed by atoms with Crippen LogP contribution in [0.15, 0.2) is 24.3 Å². The maximum atomic E-state index is 12.0. The average Bonchev–Trinajstić information content (AvgIpc) is 2.42. The van der Waals surface area contributed by atoms with Crippen molar-refractivity contribution in [1.29, 1.82) is 0 Å². The van der Waals surface area contributed by atoms with E-state index in [0.717, 1.165) is 31.7 Å². The second-order valence-corrected chi connectivity index (χ2v) is 5.76. The number of carboxylic acid groups (broad SMARTS) is 1. The van der Waals surface area contributed by atoms with Gasteiger partial charge in [-0.25, -0.2) is 4.79 Å². The number of hydrogen-bond acceptors (Lipinski definition) is 3. The molecular formula is C15H21ClN2O2. The first kappa shape index (κ1) is 15.3. The largest absolute Gasteiger partial charge is 0.480 e. The predicted molar refractivity (Wildman–Crippen MR) is 80.1 cm³/mol. The highest BCUT2D eigenvalue weighted by Crippen LogP contribution is 2.34. The van der Waals surface area contributed by atoms with Crippen molar-refractivity contribution in [3.05, 3.63) is 34.9 Å². The Balaban J connectivity index is 2.42. The summed E-state index contributed by atoms with van der Waals surface area (Å²) in [6.07, 6.45) is 0.520. The third kappa shape index (κ3) is 2.68. The molecule has 0 radical (unpaired) electrons. The van der Waals surface area contributed by atoms with Gasteiger partial charge in [-0.15, -0.1) is 0 Å². The van der Waals surface area contributed by atoms with Gasteiger partial charge >= 0.3 is 5.97 Å². The van der Waals surface area contributed by atoms with Crippen LogP contribution in [0.4, 0.5) is 0 Å². The van der Waals surface area contributed by atoms with Crippen LogP contribution in [0.3, 0.4) is 0 Å². The summed E-state index contributed by atoms with van der Waals surface area (Å²) in [4.78, 5) is 16.3. The van der Waals surface area contributed by atoms with Crippen LogP contribution in [-0.4, -0.2) is 54.1 Å². The zero-order valence-corrected chi connectivity index (χ0v) is 12.7. The molecule has 20 heavy (non-hydrogen) atoms. The smallest absolute Gasteiger partial charge is 0.328 e. The second kappa shape index (κ2) is 6.12. The summed E-state index contributed by atoms with van der Waals surface area (Å²) in [5.41, 5.74) is -0.212. The molecule has 1 aliphatic heterocycles. The van der Waals surface area contributed by atoms with Crippen molar-refractivity contribution in [2.75, 3.05) is 33.2 Å². The van der Waals surface area contributed by atoms with Crippen molar-refractivity contribution in [2.45, 2.75) is 18.9 Å². The normalized spacial score (nSPS) is 20.6. The van der Waals surface area contributed by atoms with Crippen LogP contribution < -0.4 is 0 Å². The predicted octanol–water partition coefficient (Wildman–Crippen LogP) is 2.28. The Labute approximate surface area is 124 Å². The van der Waals surface area contributed by atoms with E-state index in [1.54, 1.807) is 12.1 Å². The number of benzene rings is 1. The van der Waals surface area contributed by atoms with Crippen molar-refractivity contribution < 1.29 is 9.90 Å². The monoisotopic (exact) mass is 296 g/mol. The fourth-order valence-electron chi connectivity index (χ4n) is 2.95. The average molecular weight is 297 g/mol. The molecule has 0 saturated carbocycles. The van der Waals surface area contributed by atoms with Crippen LogP contribution in [0.2, 0.25) is 5.02 Å². The van der Waals surface area contributed by atoms with Gasteiger partial charge in [-0.3, -0.25) is 4.90 Å². The zero-order valence-electron chi connectivity index (χ0n) is 12.0. The van der Waals surface area contributed by atoms with Crippen LogP contribution in [-0.2, 0) is 10.3 Å². The molecule has 1 atom stereocenters. The molecule has 1 fully saturated rings. The first-order chi connectivity index (χ1) is 9.50. The van der Waals surface area contributed by atoms with E-state index in [4.69, 9.17) is 11.6 Å². The summed E-state index contributed by atoms with van der Waals surface area (Å²) in [7, 11) is 2.06. The summed E-state index contributed by atoms with van der Waals surface area (Å²) in [5.74, 6) is -0.799. The van der Waals surface area contributed by atoms with Gasteiger partial charge in [0.1, 0.15) is 5.54 Å². The van der Waals surface area contributed by atoms with Gasteiger partial charge in [-0.1, -0.05) is 30.7 Å². The second-order valence-electron chi connectivity index (χ2n) is 5.32. The number of nitrogens with zero attached hydrogens (tertiary/aromatic N) is 2. The number of piperazine rings is 1. The summed E-state index contributed by atoms with van der Waals surface area (Å²) >= 11 is 6.05. The zero-order chi connectivity index (χ0) is 14.8. The number of carbonyl (C=O) groups is 1. The number of rotatable bonds is 4. The van der Waals surface area contributed by atoms with Crippen molar-refractivity contribution in [3.63, 3.8) is 0 Å². The Bertz CT molecular complexity index is 487. The Kier molecular flexibility index (Phi) is 4.68. The minimum absolute atomic E-state index is 0.520. The van der Waals surface area contributed by atoms with Gasteiger partial charge in [-0.05, 0) is 31.2 Å². The lowest BCUT2D eigenvalue weighted by Gasteiger charge is -2.44. The fourth-order valence-corrected chi connectivity index (χ4v) is 3.14. The molecule has 2 rings (SSSR count). The molecule has 0 amide bonds. The van der Waals surface area contributed by atoms with Crippen LogP contribution in [0.5, 0.6) is 0 Å². The van der Waals surface area contributed by atoms with E-state index in [9.17, 15) is 9.90 Å². The van der Waals surface area contributed by atoms with Gasteiger partial charge in [0.05, 0.1) is 0 Å². The number of likely N-dealkylation sites (N-methyl/N-ethyl adjacent to an activating group) is 1. The van der Waals surface area contributed by atoms with Crippen LogP contribution in [0.25, 0.3) is 0 Å². The Morgan fingerprint density at radius 1 is 1.35 bits per heavy atom. The van der Waals surface area contributed by atoms with Gasteiger partial charge in [0.15, 0.2) is 0 Å². The van der Waals surface area contributed by atoms with E-state index in [-0.39, 0.29) is 0 Å². The van der Waals surface area contributed by atoms with Gasteiger partial charge in [0.2, 0.25) is 0 Å². The van der Waals surface area contributed by atoms with Crippen molar-refractivity contribution in [2.24, 2.45) is 0 Å². The molecule has 110 valence electrons. The molecule has 1 aromatic rings. The van der Waals surface area contributed by atoms with Gasteiger partial charge in [0.25, 0.3) is 0 Å². The molecule has 5 heteroatoms. The summed E-state index contributed by atoms with van der Waals surface area (Å²) < 4.78 is 0. The maximum Gasteiger partial charge on any atom is 0.328 e. The minimum atomic E-state index is -0.980. The summed E-state index contributed by atoms with van der Waals surface area (Å²) in [6.45, 7) is 5.20. The third-order valence-electron chi connectivity index (χ3n) is 4.21. The SMILES string of the molecule is CCC(C(=O)O)(c1cccc(Cl)c1)N1CCN(C)CC1. The van der Waals surface area contributed by atoms with Gasteiger partial charge < -0.3 is 10.0 Å². The Morgan fingerprint density at radius 3 is 2.50 bits per heavy atom. The molecule has 0 bridgehead atoms. The molecule has 0 aliphatic carbocycles. The number of carboxylic acids is 1. The van der Waals surface area contributed by atoms with E-state index >= 15 is 0 Å². The van der Waals surface area contributed by atoms with Crippen molar-refractivity contribution in [3.8, 4) is 0 Å². The fraction of sp³-hybridized carbons (Fsp3) is 0.533. The first-order valence-corrected chi connectivity index (χ1v) is 7.31. The van der Waals surface area contributed by atoms with Crippen molar-refractivity contribution in [1.82, 2.24) is 9.80 Å². The van der Waals surface area contributed by atoms with E-state index in [1.165, 1.54) is 0 Å². The molecule has 1 unspecified atom stereocenters. The standard InChI is InChI=1S/C15H21ClN2O2/c1-3-15(14(19)20,12-5-4-6-13(16)11-12)18-9-7-17(2)8-10-18/h4-6,11H,3,7-10H2,1-2H3,(H,19,20). The van der Waals surface area contributed by atoms with Gasteiger partial charge in [0, 0.05) is 31.2 Å². The van der Waals surface area contributed by atoms with E-state index in [1.807, 2.05) is 19.1 Å². The van der Waals surface area contributed by atoms with Crippen LogP contribution in [0.1, 0.15) is 18.9 Å². The Morgan fingerprint density at radius 2 is 2.00 bits per heavy atom.